The van der Waals surface area contributed by atoms with Crippen LogP contribution >= 0.6 is 22.9 Å². The molecule has 2 atom stereocenters. The van der Waals surface area contributed by atoms with Gasteiger partial charge in [0.2, 0.25) is 5.13 Å². The summed E-state index contributed by atoms with van der Waals surface area (Å²) in [6.45, 7) is 6.56. The van der Waals surface area contributed by atoms with E-state index in [1.807, 2.05) is 11.0 Å². The molecule has 1 aromatic heterocycles. The minimum atomic E-state index is -0.123. The lowest BCUT2D eigenvalue weighted by Crippen LogP contribution is -2.47. The summed E-state index contributed by atoms with van der Waals surface area (Å²) in [5.74, 6) is 0.544. The average molecular weight is 400 g/mol. The van der Waals surface area contributed by atoms with Crippen LogP contribution in [0.3, 0.4) is 0 Å². The van der Waals surface area contributed by atoms with Crippen molar-refractivity contribution in [2.75, 3.05) is 37.0 Å². The van der Waals surface area contributed by atoms with Gasteiger partial charge in [-0.2, -0.15) is 0 Å². The maximum Gasteiger partial charge on any atom is 0.327 e. The van der Waals surface area contributed by atoms with Crippen molar-refractivity contribution in [2.45, 2.75) is 44.4 Å². The summed E-state index contributed by atoms with van der Waals surface area (Å²) in [6, 6.07) is -0.0358. The first-order valence-corrected chi connectivity index (χ1v) is 10.5. The molecule has 144 valence electrons. The van der Waals surface area contributed by atoms with Crippen LogP contribution in [-0.4, -0.2) is 65.5 Å². The van der Waals surface area contributed by atoms with Gasteiger partial charge in [0.25, 0.3) is 0 Å². The minimum absolute atomic E-state index is 0.0358. The fourth-order valence-electron chi connectivity index (χ4n) is 3.20. The highest BCUT2D eigenvalue weighted by Gasteiger charge is 2.40. The molecule has 26 heavy (non-hydrogen) atoms. The molecule has 0 aliphatic carbocycles. The summed E-state index contributed by atoms with van der Waals surface area (Å²) in [6.07, 6.45) is 6.56. The Morgan fingerprint density at radius 2 is 2.35 bits per heavy atom. The first-order chi connectivity index (χ1) is 12.7. The van der Waals surface area contributed by atoms with Crippen molar-refractivity contribution >= 4 is 34.1 Å². The van der Waals surface area contributed by atoms with Gasteiger partial charge < -0.3 is 9.64 Å². The van der Waals surface area contributed by atoms with E-state index < -0.39 is 0 Å². The second kappa shape index (κ2) is 9.64. The minimum Gasteiger partial charge on any atom is -0.377 e. The SMILES string of the molecule is C=CCCc1nnc(N2C(=O)N(CCCCl)CC2NCC2CCCO2)s1. The Bertz CT molecular complexity index is 608. The van der Waals surface area contributed by atoms with Crippen molar-refractivity contribution < 1.29 is 9.53 Å². The van der Waals surface area contributed by atoms with Gasteiger partial charge in [-0.05, 0) is 25.7 Å². The fraction of sp³-hybridized carbons (Fsp3) is 0.706. The molecule has 1 aromatic rings. The van der Waals surface area contributed by atoms with E-state index >= 15 is 0 Å². The quantitative estimate of drug-likeness (QED) is 0.483. The number of hydrogen-bond acceptors (Lipinski definition) is 6. The molecule has 0 aromatic carbocycles. The summed E-state index contributed by atoms with van der Waals surface area (Å²) in [5, 5.41) is 13.5. The molecule has 2 aliphatic heterocycles. The molecule has 7 nitrogen and oxygen atoms in total. The van der Waals surface area contributed by atoms with Crippen LogP contribution in [0.1, 0.15) is 30.7 Å². The van der Waals surface area contributed by atoms with Crippen LogP contribution in [0, 0.1) is 0 Å². The van der Waals surface area contributed by atoms with Crippen LogP contribution in [0.25, 0.3) is 0 Å². The number of amides is 2. The zero-order chi connectivity index (χ0) is 18.4. The van der Waals surface area contributed by atoms with Crippen molar-refractivity contribution in [1.82, 2.24) is 20.4 Å². The predicted molar refractivity (Wildman–Crippen MR) is 104 cm³/mol. The van der Waals surface area contributed by atoms with Gasteiger partial charge in [-0.1, -0.05) is 17.4 Å². The number of aromatic nitrogens is 2. The van der Waals surface area contributed by atoms with E-state index in [2.05, 4.69) is 22.1 Å². The number of anilines is 1. The Hall–Kier alpha value is -1.22. The van der Waals surface area contributed by atoms with Gasteiger partial charge in [0.15, 0.2) is 0 Å². The third kappa shape index (κ3) is 4.73. The first kappa shape index (κ1) is 19.5. The zero-order valence-corrected chi connectivity index (χ0v) is 16.5. The van der Waals surface area contributed by atoms with Gasteiger partial charge in [0.05, 0.1) is 12.6 Å². The number of nitrogens with zero attached hydrogens (tertiary/aromatic N) is 4. The molecule has 0 radical (unpaired) electrons. The lowest BCUT2D eigenvalue weighted by molar-refractivity contribution is 0.107. The van der Waals surface area contributed by atoms with Crippen molar-refractivity contribution in [3.05, 3.63) is 17.7 Å². The van der Waals surface area contributed by atoms with Gasteiger partial charge in [0, 0.05) is 32.0 Å². The molecule has 1 N–H and O–H groups in total. The van der Waals surface area contributed by atoms with Gasteiger partial charge in [-0.15, -0.1) is 28.4 Å². The molecular formula is C17H26ClN5O2S. The number of allylic oxidation sites excluding steroid dienone is 1. The third-order valence-electron chi connectivity index (χ3n) is 4.57. The van der Waals surface area contributed by atoms with Crippen molar-refractivity contribution in [3.63, 3.8) is 0 Å². The molecule has 9 heteroatoms. The summed E-state index contributed by atoms with van der Waals surface area (Å²) >= 11 is 7.28. The number of rotatable bonds is 10. The average Bonchev–Trinajstić information content (AvgIpc) is 3.37. The van der Waals surface area contributed by atoms with Gasteiger partial charge >= 0.3 is 6.03 Å². The predicted octanol–water partition coefficient (Wildman–Crippen LogP) is 2.62. The highest BCUT2D eigenvalue weighted by Crippen LogP contribution is 2.28. The standard InChI is InChI=1S/C17H26ClN5O2S/c1-2-3-7-15-20-21-16(26-15)23-14(19-11-13-6-4-10-25-13)12-22(17(23)24)9-5-8-18/h2,13-14,19H,1,3-12H2. The molecular weight excluding hydrogens is 374 g/mol. The van der Waals surface area contributed by atoms with Crippen LogP contribution in [0.15, 0.2) is 12.7 Å². The maximum atomic E-state index is 12.9. The maximum absolute atomic E-state index is 12.9. The second-order valence-corrected chi connectivity index (χ2v) is 7.92. The summed E-state index contributed by atoms with van der Waals surface area (Å²) < 4.78 is 5.69. The van der Waals surface area contributed by atoms with Crippen molar-refractivity contribution in [3.8, 4) is 0 Å². The Morgan fingerprint density at radius 1 is 1.46 bits per heavy atom. The summed E-state index contributed by atoms with van der Waals surface area (Å²) in [5.41, 5.74) is 0. The Labute approximate surface area is 163 Å². The Balaban J connectivity index is 1.69. The summed E-state index contributed by atoms with van der Waals surface area (Å²) in [7, 11) is 0. The number of hydrogen-bond donors (Lipinski definition) is 1. The molecule has 3 rings (SSSR count). The monoisotopic (exact) mass is 399 g/mol. The number of carbonyl (C=O) groups is 1. The molecule has 0 bridgehead atoms. The number of alkyl halides is 1. The number of halogens is 1. The molecule has 2 amide bonds. The van der Waals surface area contributed by atoms with Crippen molar-refractivity contribution in [2.24, 2.45) is 0 Å². The van der Waals surface area contributed by atoms with E-state index in [1.165, 1.54) is 11.3 Å². The van der Waals surface area contributed by atoms with Gasteiger partial charge in [0.1, 0.15) is 11.2 Å². The molecule has 2 fully saturated rings. The fourth-order valence-corrected chi connectivity index (χ4v) is 4.22. The topological polar surface area (TPSA) is 70.6 Å². The van der Waals surface area contributed by atoms with Crippen molar-refractivity contribution in [1.29, 1.82) is 0 Å². The zero-order valence-electron chi connectivity index (χ0n) is 14.9. The van der Waals surface area contributed by atoms with Crippen LogP contribution < -0.4 is 10.2 Å². The normalized spacial score (nSPS) is 23.2. The van der Waals surface area contributed by atoms with Gasteiger partial charge in [-0.3, -0.25) is 10.2 Å². The summed E-state index contributed by atoms with van der Waals surface area (Å²) in [4.78, 5) is 16.5. The third-order valence-corrected chi connectivity index (χ3v) is 5.82. The van der Waals surface area contributed by atoms with E-state index in [0.717, 1.165) is 50.3 Å². The van der Waals surface area contributed by atoms with E-state index in [-0.39, 0.29) is 18.3 Å². The molecule has 0 spiro atoms. The van der Waals surface area contributed by atoms with E-state index in [4.69, 9.17) is 16.3 Å². The second-order valence-electron chi connectivity index (χ2n) is 6.51. The molecule has 2 unspecified atom stereocenters. The van der Waals surface area contributed by atoms with E-state index in [1.54, 1.807) is 4.90 Å². The number of urea groups is 1. The lowest BCUT2D eigenvalue weighted by atomic mass is 10.2. The highest BCUT2D eigenvalue weighted by molar-refractivity contribution is 7.15. The number of carbonyl (C=O) groups excluding carboxylic acids is 1. The number of ether oxygens (including phenoxy) is 1. The number of nitrogens with one attached hydrogen (secondary N) is 1. The van der Waals surface area contributed by atoms with E-state index in [0.29, 0.717) is 24.1 Å². The largest absolute Gasteiger partial charge is 0.377 e. The molecule has 2 saturated heterocycles. The molecule has 3 heterocycles. The Morgan fingerprint density at radius 3 is 3.08 bits per heavy atom. The number of aryl methyl sites for hydroxylation is 1. The smallest absolute Gasteiger partial charge is 0.327 e. The van der Waals surface area contributed by atoms with Crippen LogP contribution in [-0.2, 0) is 11.2 Å². The molecule has 0 saturated carbocycles. The van der Waals surface area contributed by atoms with E-state index in [9.17, 15) is 4.79 Å². The van der Waals surface area contributed by atoms with Crippen LogP contribution in [0.4, 0.5) is 9.93 Å². The molecule has 2 aliphatic rings. The van der Waals surface area contributed by atoms with Gasteiger partial charge in [-0.25, -0.2) is 4.79 Å². The first-order valence-electron chi connectivity index (χ1n) is 9.15. The van der Waals surface area contributed by atoms with Crippen LogP contribution in [0.5, 0.6) is 0 Å². The lowest BCUT2D eigenvalue weighted by Gasteiger charge is -2.22. The van der Waals surface area contributed by atoms with Crippen LogP contribution in [0.2, 0.25) is 0 Å². The Kier molecular flexibility index (Phi) is 7.24. The highest BCUT2D eigenvalue weighted by atomic mass is 35.5.